The number of methoxy groups -OCH3 is 3. The van der Waals surface area contributed by atoms with Crippen LogP contribution in [0.2, 0.25) is 5.02 Å². The van der Waals surface area contributed by atoms with Gasteiger partial charge >= 0.3 is 18.2 Å². The van der Waals surface area contributed by atoms with E-state index in [0.717, 1.165) is 30.4 Å². The van der Waals surface area contributed by atoms with Crippen LogP contribution in [0.4, 0.5) is 34.0 Å². The molecule has 0 bridgehead atoms. The van der Waals surface area contributed by atoms with Gasteiger partial charge in [-0.2, -0.15) is 13.2 Å². The third-order valence-electron chi connectivity index (χ3n) is 12.3. The molecule has 5 aromatic rings. The van der Waals surface area contributed by atoms with Crippen LogP contribution in [0.5, 0.6) is 17.2 Å². The van der Waals surface area contributed by atoms with Crippen LogP contribution in [0.1, 0.15) is 66.5 Å². The summed E-state index contributed by atoms with van der Waals surface area (Å²) in [4.78, 5) is 28.7. The zero-order valence-electron chi connectivity index (χ0n) is 37.3. The van der Waals surface area contributed by atoms with E-state index < -0.39 is 57.3 Å². The highest BCUT2D eigenvalue weighted by Gasteiger charge is 2.41. The van der Waals surface area contributed by atoms with Crippen LogP contribution >= 0.6 is 11.6 Å². The molecule has 2 aliphatic heterocycles. The van der Waals surface area contributed by atoms with Gasteiger partial charge in [0.2, 0.25) is 0 Å². The number of aryl methyl sites for hydroxylation is 1. The molecule has 0 spiro atoms. The summed E-state index contributed by atoms with van der Waals surface area (Å²) in [5.41, 5.74) is -1.31. The number of benzene rings is 3. The summed E-state index contributed by atoms with van der Waals surface area (Å²) in [5.74, 6) is -0.413. The van der Waals surface area contributed by atoms with E-state index >= 15 is 17.6 Å². The van der Waals surface area contributed by atoms with Gasteiger partial charge in [-0.1, -0.05) is 41.9 Å². The summed E-state index contributed by atoms with van der Waals surface area (Å²) in [6.45, 7) is 3.34. The van der Waals surface area contributed by atoms with Crippen LogP contribution in [-0.4, -0.2) is 66.3 Å². The fourth-order valence-corrected chi connectivity index (χ4v) is 8.89. The lowest BCUT2D eigenvalue weighted by atomic mass is 9.78. The van der Waals surface area contributed by atoms with Crippen molar-refractivity contribution in [3.8, 4) is 28.5 Å². The highest BCUT2D eigenvalue weighted by Crippen LogP contribution is 2.45. The molecule has 1 atom stereocenters. The summed E-state index contributed by atoms with van der Waals surface area (Å²) >= 11 is 7.16. The Morgan fingerprint density at radius 2 is 1.70 bits per heavy atom. The molecule has 67 heavy (non-hydrogen) atoms. The van der Waals surface area contributed by atoms with Crippen LogP contribution in [0.25, 0.3) is 17.1 Å². The minimum atomic E-state index is -5.02. The van der Waals surface area contributed by atoms with Gasteiger partial charge in [-0.05, 0) is 86.2 Å². The van der Waals surface area contributed by atoms with Gasteiger partial charge in [0.1, 0.15) is 35.6 Å². The molecule has 1 fully saturated rings. The topological polar surface area (TPSA) is 152 Å². The molecular formula is C48H48ClF4N7O7. The van der Waals surface area contributed by atoms with E-state index in [1.165, 1.54) is 25.4 Å². The number of pyridine rings is 2. The Morgan fingerprint density at radius 1 is 1.04 bits per heavy atom. The molecule has 1 unspecified atom stereocenters. The summed E-state index contributed by atoms with van der Waals surface area (Å²) in [5, 5.41) is 14.6. The van der Waals surface area contributed by atoms with E-state index in [1.54, 1.807) is 74.5 Å². The molecule has 0 radical (unpaired) electrons. The van der Waals surface area contributed by atoms with Crippen LogP contribution in [-0.2, 0) is 28.7 Å². The van der Waals surface area contributed by atoms with E-state index in [2.05, 4.69) is 25.6 Å². The third-order valence-corrected chi connectivity index (χ3v) is 12.6. The van der Waals surface area contributed by atoms with E-state index in [1.807, 2.05) is 24.3 Å². The molecule has 2 aromatic heterocycles. The fourth-order valence-electron chi connectivity index (χ4n) is 8.56. The molecule has 0 saturated heterocycles. The number of rotatable bonds is 16. The van der Waals surface area contributed by atoms with Gasteiger partial charge in [0.05, 0.1) is 71.1 Å². The number of carboxylic acid groups (broad SMARTS) is 1. The standard InChI is InChI=1S/C48H48ClF4N7O7/c1-27-22-34(59(23-29-9-13-31(63-3)14-10-29)24-30-11-15-32(64-4)16-12-30)57-41(38(27)48(51,52)53)36-39(49)42-37-43(40(36)50)67-35(66-21-19-47(65-5)17-7-18-47)25-60(45(37)56-26-55-42)28(2)33-8-6-20-54-44(33)58-46(61)62/h6,8-16,20,22,25,28,56H,7,17-19,21,23-24,26H2,1-5H3,(H,54,58)(H,61,62). The molecule has 19 heteroatoms. The summed E-state index contributed by atoms with van der Waals surface area (Å²) < 4.78 is 93.4. The maximum Gasteiger partial charge on any atom is 0.418 e. The van der Waals surface area contributed by atoms with Crippen LogP contribution in [0.3, 0.4) is 0 Å². The number of ether oxygens (including phenoxy) is 5. The number of halogens is 5. The molecule has 8 rings (SSSR count). The minimum Gasteiger partial charge on any atom is -0.497 e. The van der Waals surface area contributed by atoms with Crippen molar-refractivity contribution in [2.45, 2.75) is 70.4 Å². The Morgan fingerprint density at radius 3 is 2.27 bits per heavy atom. The largest absolute Gasteiger partial charge is 0.497 e. The summed E-state index contributed by atoms with van der Waals surface area (Å²) in [7, 11) is 4.72. The SMILES string of the molecule is COc1ccc(CN(Cc2ccc(OC)cc2)c2cc(C)c(C(F)(F)F)c(-c3c(F)c4c5c(c3Cl)=NCNC=5N(C(C)c3cccnc3NC(=O)O)C=C(OCCC3(OC)CCC3)O4)n2)cc1. The molecule has 1 amide bonds. The normalized spacial score (nSPS) is 15.3. The van der Waals surface area contributed by atoms with Gasteiger partial charge in [-0.25, -0.2) is 19.2 Å². The Labute approximate surface area is 388 Å². The van der Waals surface area contributed by atoms with Crippen LogP contribution in [0.15, 0.2) is 90.1 Å². The van der Waals surface area contributed by atoms with Crippen LogP contribution in [0, 0.1) is 12.7 Å². The number of amides is 1. The molecule has 3 aromatic carbocycles. The molecular weight excluding hydrogens is 898 g/mol. The second kappa shape index (κ2) is 19.2. The predicted octanol–water partition coefficient (Wildman–Crippen LogP) is 9.05. The number of nitrogens with one attached hydrogen (secondary N) is 2. The average Bonchev–Trinajstić information content (AvgIpc) is 3.46. The van der Waals surface area contributed by atoms with Crippen molar-refractivity contribution < 1.29 is 51.1 Å². The molecule has 1 saturated carbocycles. The van der Waals surface area contributed by atoms with Gasteiger partial charge in [0.15, 0.2) is 11.6 Å². The van der Waals surface area contributed by atoms with Crippen molar-refractivity contribution in [3.63, 3.8) is 0 Å². The molecule has 4 heterocycles. The Kier molecular flexibility index (Phi) is 13.4. The quantitative estimate of drug-likeness (QED) is 0.0810. The van der Waals surface area contributed by atoms with E-state index in [9.17, 15) is 9.90 Å². The van der Waals surface area contributed by atoms with Gasteiger partial charge in [-0.15, -0.1) is 0 Å². The van der Waals surface area contributed by atoms with Gasteiger partial charge in [-0.3, -0.25) is 10.3 Å². The maximum absolute atomic E-state index is 18.0. The van der Waals surface area contributed by atoms with Crippen molar-refractivity contribution in [2.24, 2.45) is 4.99 Å². The second-order valence-corrected chi connectivity index (χ2v) is 16.7. The monoisotopic (exact) mass is 945 g/mol. The minimum absolute atomic E-state index is 0.00902. The Balaban J connectivity index is 1.32. The lowest BCUT2D eigenvalue weighted by Gasteiger charge is -2.40. The Bertz CT molecular complexity index is 2770. The number of anilines is 2. The first-order valence-corrected chi connectivity index (χ1v) is 21.8. The predicted molar refractivity (Wildman–Crippen MR) is 241 cm³/mol. The van der Waals surface area contributed by atoms with Crippen molar-refractivity contribution >= 4 is 35.2 Å². The van der Waals surface area contributed by atoms with Crippen molar-refractivity contribution in [2.75, 3.05) is 44.8 Å². The molecule has 1 aliphatic carbocycles. The third kappa shape index (κ3) is 9.58. The average molecular weight is 946 g/mol. The van der Waals surface area contributed by atoms with Crippen LogP contribution < -0.4 is 40.3 Å². The first kappa shape index (κ1) is 46.7. The summed E-state index contributed by atoms with van der Waals surface area (Å²) in [6, 6.07) is 18.3. The lowest BCUT2D eigenvalue weighted by molar-refractivity contribution is -0.137. The second-order valence-electron chi connectivity index (χ2n) is 16.3. The van der Waals surface area contributed by atoms with Crippen molar-refractivity contribution in [3.05, 3.63) is 134 Å². The number of nitrogens with zero attached hydrogens (tertiary/aromatic N) is 5. The van der Waals surface area contributed by atoms with E-state index in [0.29, 0.717) is 23.5 Å². The molecule has 3 aliphatic rings. The zero-order valence-corrected chi connectivity index (χ0v) is 38.0. The van der Waals surface area contributed by atoms with Gasteiger partial charge < -0.3 is 43.9 Å². The summed E-state index contributed by atoms with van der Waals surface area (Å²) in [6.07, 6.45) is -0.420. The van der Waals surface area contributed by atoms with E-state index in [4.69, 9.17) is 35.3 Å². The maximum atomic E-state index is 18.0. The first-order chi connectivity index (χ1) is 32.1. The highest BCUT2D eigenvalue weighted by molar-refractivity contribution is 6.33. The molecule has 3 N–H and O–H groups in total. The number of hydrogen-bond acceptors (Lipinski definition) is 12. The Hall–Kier alpha value is -6.79. The molecule has 352 valence electrons. The van der Waals surface area contributed by atoms with E-state index in [-0.39, 0.29) is 65.9 Å². The fraction of sp³-hybridized carbons (Fsp3) is 0.333. The smallest absolute Gasteiger partial charge is 0.418 e. The van der Waals surface area contributed by atoms with Gasteiger partial charge in [0, 0.05) is 38.4 Å². The number of alkyl halides is 3. The number of carbonyl (C=O) groups is 1. The highest BCUT2D eigenvalue weighted by atomic mass is 35.5. The van der Waals surface area contributed by atoms with Crippen molar-refractivity contribution in [1.82, 2.24) is 20.2 Å². The number of hydrogen-bond donors (Lipinski definition) is 3. The zero-order chi connectivity index (χ0) is 47.6. The lowest BCUT2D eigenvalue weighted by Crippen LogP contribution is -2.45. The van der Waals surface area contributed by atoms with Gasteiger partial charge in [0.25, 0.3) is 0 Å². The number of aromatic nitrogens is 2. The molecule has 14 nitrogen and oxygen atoms in total. The first-order valence-electron chi connectivity index (χ1n) is 21.4. The van der Waals surface area contributed by atoms with Crippen molar-refractivity contribution in [1.29, 1.82) is 0 Å².